The fraction of sp³-hybridized carbons (Fsp3) is 0.200. The normalized spacial score (nSPS) is 11.1. The van der Waals surface area contributed by atoms with Gasteiger partial charge in [0.2, 0.25) is 10.0 Å². The molecule has 0 saturated carbocycles. The lowest BCUT2D eigenvalue weighted by Gasteiger charge is -2.09. The van der Waals surface area contributed by atoms with Gasteiger partial charge < -0.3 is 4.74 Å². The van der Waals surface area contributed by atoms with Crippen LogP contribution in [0.25, 0.3) is 0 Å². The molecule has 0 amide bonds. The quantitative estimate of drug-likeness (QED) is 0.836. The van der Waals surface area contributed by atoms with E-state index in [2.05, 4.69) is 10.8 Å². The Morgan fingerprint density at radius 2 is 1.71 bits per heavy atom. The SMILES string of the molecule is Bc1cc(Cc2ccc(NS(C)(=O)=O)cc2)ccc1OC. The van der Waals surface area contributed by atoms with Crippen LogP contribution in [-0.4, -0.2) is 29.6 Å². The molecule has 0 aliphatic heterocycles. The third-order valence-corrected chi connectivity index (χ3v) is 3.73. The van der Waals surface area contributed by atoms with Crippen molar-refractivity contribution in [3.8, 4) is 5.75 Å². The van der Waals surface area contributed by atoms with Crippen LogP contribution in [0, 0.1) is 0 Å². The van der Waals surface area contributed by atoms with E-state index in [0.717, 1.165) is 29.5 Å². The van der Waals surface area contributed by atoms with E-state index in [1.54, 1.807) is 19.2 Å². The van der Waals surface area contributed by atoms with Gasteiger partial charge in [-0.15, -0.1) is 0 Å². The highest BCUT2D eigenvalue weighted by atomic mass is 32.2. The molecule has 4 nitrogen and oxygen atoms in total. The van der Waals surface area contributed by atoms with Gasteiger partial charge in [0.05, 0.1) is 13.4 Å². The van der Waals surface area contributed by atoms with Crippen molar-refractivity contribution >= 4 is 29.0 Å². The number of hydrogen-bond acceptors (Lipinski definition) is 3. The smallest absolute Gasteiger partial charge is 0.229 e. The first-order chi connectivity index (χ1) is 9.87. The average Bonchev–Trinajstić information content (AvgIpc) is 2.40. The van der Waals surface area contributed by atoms with Crippen LogP contribution in [0.5, 0.6) is 5.75 Å². The molecule has 0 saturated heterocycles. The fourth-order valence-corrected chi connectivity index (χ4v) is 2.76. The Morgan fingerprint density at radius 3 is 2.24 bits per heavy atom. The number of rotatable bonds is 5. The largest absolute Gasteiger partial charge is 0.497 e. The zero-order valence-electron chi connectivity index (χ0n) is 12.4. The summed E-state index contributed by atoms with van der Waals surface area (Å²) in [7, 11) is 0.451. The Hall–Kier alpha value is -1.95. The molecular formula is C15H18BNO3S. The lowest BCUT2D eigenvalue weighted by atomic mass is 9.91. The first-order valence-electron chi connectivity index (χ1n) is 6.57. The van der Waals surface area contributed by atoms with Gasteiger partial charge in [-0.25, -0.2) is 8.42 Å². The van der Waals surface area contributed by atoms with Crippen molar-refractivity contribution in [2.75, 3.05) is 18.1 Å². The molecule has 0 fully saturated rings. The number of nitrogens with one attached hydrogen (secondary N) is 1. The second-order valence-electron chi connectivity index (χ2n) is 5.05. The van der Waals surface area contributed by atoms with Gasteiger partial charge in [0, 0.05) is 5.69 Å². The summed E-state index contributed by atoms with van der Waals surface area (Å²) in [6.07, 6.45) is 1.94. The highest BCUT2D eigenvalue weighted by molar-refractivity contribution is 7.92. The third-order valence-electron chi connectivity index (χ3n) is 3.12. The minimum atomic E-state index is -3.23. The van der Waals surface area contributed by atoms with Crippen LogP contribution in [0.4, 0.5) is 5.69 Å². The minimum Gasteiger partial charge on any atom is -0.497 e. The monoisotopic (exact) mass is 303 g/mol. The lowest BCUT2D eigenvalue weighted by molar-refractivity contribution is 0.418. The van der Waals surface area contributed by atoms with Crippen LogP contribution in [-0.2, 0) is 16.4 Å². The van der Waals surface area contributed by atoms with Crippen LogP contribution >= 0.6 is 0 Å². The molecule has 1 N–H and O–H groups in total. The van der Waals surface area contributed by atoms with Crippen LogP contribution < -0.4 is 14.9 Å². The molecule has 0 spiro atoms. The molecule has 0 aliphatic carbocycles. The van der Waals surface area contributed by atoms with E-state index in [-0.39, 0.29) is 0 Å². The summed E-state index contributed by atoms with van der Waals surface area (Å²) in [5, 5.41) is 0. The van der Waals surface area contributed by atoms with Crippen LogP contribution in [0.2, 0.25) is 0 Å². The van der Waals surface area contributed by atoms with Crippen molar-refractivity contribution in [1.29, 1.82) is 0 Å². The Balaban J connectivity index is 2.11. The summed E-state index contributed by atoms with van der Waals surface area (Å²) in [6.45, 7) is 0. The molecule has 0 heterocycles. The zero-order valence-corrected chi connectivity index (χ0v) is 13.2. The Bertz CT molecular complexity index is 727. The van der Waals surface area contributed by atoms with E-state index in [1.165, 1.54) is 5.56 Å². The molecule has 2 rings (SSSR count). The predicted octanol–water partition coefficient (Wildman–Crippen LogP) is 0.916. The van der Waals surface area contributed by atoms with Crippen molar-refractivity contribution in [3.63, 3.8) is 0 Å². The van der Waals surface area contributed by atoms with Gasteiger partial charge >= 0.3 is 0 Å². The third kappa shape index (κ3) is 4.53. The number of sulfonamides is 1. The van der Waals surface area contributed by atoms with Gasteiger partial charge in [0.15, 0.2) is 0 Å². The molecule has 110 valence electrons. The summed E-state index contributed by atoms with van der Waals surface area (Å²) in [6, 6.07) is 13.5. The molecule has 6 heteroatoms. The molecular weight excluding hydrogens is 285 g/mol. The van der Waals surface area contributed by atoms with E-state index in [0.29, 0.717) is 5.69 Å². The van der Waals surface area contributed by atoms with Gasteiger partial charge in [-0.2, -0.15) is 0 Å². The van der Waals surface area contributed by atoms with Crippen molar-refractivity contribution in [1.82, 2.24) is 0 Å². The number of anilines is 1. The maximum Gasteiger partial charge on any atom is 0.229 e. The molecule has 0 aliphatic rings. The Labute approximate surface area is 126 Å². The van der Waals surface area contributed by atoms with Crippen molar-refractivity contribution in [2.24, 2.45) is 0 Å². The summed E-state index contributed by atoms with van der Waals surface area (Å²) in [4.78, 5) is 0. The highest BCUT2D eigenvalue weighted by Gasteiger charge is 2.03. The molecule has 0 aromatic heterocycles. The zero-order chi connectivity index (χ0) is 15.5. The number of ether oxygens (including phenoxy) is 1. The van der Waals surface area contributed by atoms with Gasteiger partial charge in [0.1, 0.15) is 13.6 Å². The first kappa shape index (κ1) is 15.4. The van der Waals surface area contributed by atoms with Gasteiger partial charge in [-0.05, 0) is 41.2 Å². The molecule has 0 unspecified atom stereocenters. The first-order valence-corrected chi connectivity index (χ1v) is 8.47. The van der Waals surface area contributed by atoms with Crippen molar-refractivity contribution in [3.05, 3.63) is 53.6 Å². The molecule has 0 atom stereocenters. The molecule has 2 aromatic carbocycles. The number of benzene rings is 2. The molecule has 0 radical (unpaired) electrons. The number of hydrogen-bond donors (Lipinski definition) is 1. The van der Waals surface area contributed by atoms with Crippen LogP contribution in [0.3, 0.4) is 0 Å². The fourth-order valence-electron chi connectivity index (χ4n) is 2.19. The number of methoxy groups -OCH3 is 1. The van der Waals surface area contributed by atoms with E-state index < -0.39 is 10.0 Å². The summed E-state index contributed by atoms with van der Waals surface area (Å²) in [5.41, 5.74) is 3.99. The lowest BCUT2D eigenvalue weighted by Crippen LogP contribution is -2.09. The van der Waals surface area contributed by atoms with E-state index in [9.17, 15) is 8.42 Å². The van der Waals surface area contributed by atoms with Crippen molar-refractivity contribution < 1.29 is 13.2 Å². The summed E-state index contributed by atoms with van der Waals surface area (Å²) < 4.78 is 30.0. The predicted molar refractivity (Wildman–Crippen MR) is 88.9 cm³/mol. The summed E-state index contributed by atoms with van der Waals surface area (Å²) >= 11 is 0. The van der Waals surface area contributed by atoms with Gasteiger partial charge in [-0.1, -0.05) is 24.3 Å². The van der Waals surface area contributed by atoms with E-state index in [1.807, 2.05) is 32.1 Å². The van der Waals surface area contributed by atoms with Crippen LogP contribution in [0.1, 0.15) is 11.1 Å². The maximum atomic E-state index is 11.2. The van der Waals surface area contributed by atoms with E-state index in [4.69, 9.17) is 4.74 Å². The minimum absolute atomic E-state index is 0.576. The van der Waals surface area contributed by atoms with Crippen molar-refractivity contribution in [2.45, 2.75) is 6.42 Å². The molecule has 21 heavy (non-hydrogen) atoms. The van der Waals surface area contributed by atoms with Gasteiger partial charge in [0.25, 0.3) is 0 Å². The van der Waals surface area contributed by atoms with Gasteiger partial charge in [-0.3, -0.25) is 4.72 Å². The molecule has 2 aromatic rings. The maximum absolute atomic E-state index is 11.2. The van der Waals surface area contributed by atoms with E-state index >= 15 is 0 Å². The molecule has 0 bridgehead atoms. The standard InChI is InChI=1S/C15H18BNO3S/c1-20-15-8-5-12(10-14(15)16)9-11-3-6-13(7-4-11)17-21(2,18)19/h3-8,10,17H,9,16H2,1-2H3. The topological polar surface area (TPSA) is 55.4 Å². The van der Waals surface area contributed by atoms with Crippen LogP contribution in [0.15, 0.2) is 42.5 Å². The highest BCUT2D eigenvalue weighted by Crippen LogP contribution is 2.15. The Kier molecular flexibility index (Phi) is 4.58. The summed E-state index contributed by atoms with van der Waals surface area (Å²) in [5.74, 6) is 0.881. The average molecular weight is 303 g/mol. The second-order valence-corrected chi connectivity index (χ2v) is 6.80. The Morgan fingerprint density at radius 1 is 1.10 bits per heavy atom. The second kappa shape index (κ2) is 6.22.